The number of carbonyl (C=O) groups excluding carboxylic acids is 1. The lowest BCUT2D eigenvalue weighted by Gasteiger charge is -2.15. The third-order valence-electron chi connectivity index (χ3n) is 2.93. The molecule has 17 heavy (non-hydrogen) atoms. The van der Waals surface area contributed by atoms with Crippen molar-refractivity contribution in [2.75, 3.05) is 6.61 Å². The summed E-state index contributed by atoms with van der Waals surface area (Å²) in [7, 11) is 0. The van der Waals surface area contributed by atoms with E-state index in [1.165, 1.54) is 0 Å². The van der Waals surface area contributed by atoms with Crippen molar-refractivity contribution in [2.45, 2.75) is 25.3 Å². The highest BCUT2D eigenvalue weighted by molar-refractivity contribution is 5.95. The van der Waals surface area contributed by atoms with Crippen molar-refractivity contribution in [1.29, 1.82) is 0 Å². The molecule has 3 heteroatoms. The predicted molar refractivity (Wildman–Crippen MR) is 66.3 cm³/mol. The van der Waals surface area contributed by atoms with Gasteiger partial charge in [0.15, 0.2) is 5.78 Å². The Balaban J connectivity index is 1.97. The van der Waals surface area contributed by atoms with Crippen molar-refractivity contribution in [3.63, 3.8) is 0 Å². The number of Topliss-reactive ketones (excluding diaryl/α,β-unsaturated/α-hetero) is 1. The molecule has 0 aromatic heterocycles. The monoisotopic (exact) mass is 231 g/mol. The lowest BCUT2D eigenvalue weighted by Crippen LogP contribution is -2.18. The number of rotatable bonds is 4. The van der Waals surface area contributed by atoms with Crippen LogP contribution < -0.4 is 5.73 Å². The normalized spacial score (nSPS) is 16.9. The molecule has 1 aliphatic heterocycles. The molecule has 0 radical (unpaired) electrons. The zero-order valence-electron chi connectivity index (χ0n) is 9.76. The van der Waals surface area contributed by atoms with Crippen molar-refractivity contribution in [3.8, 4) is 0 Å². The van der Waals surface area contributed by atoms with Gasteiger partial charge in [-0.2, -0.15) is 0 Å². The summed E-state index contributed by atoms with van der Waals surface area (Å²) in [5.74, 6) is 0.0982. The maximum absolute atomic E-state index is 12.0. The van der Waals surface area contributed by atoms with E-state index < -0.39 is 0 Å². The number of hydrogen-bond acceptors (Lipinski definition) is 3. The van der Waals surface area contributed by atoms with Crippen LogP contribution in [0.5, 0.6) is 0 Å². The second-order valence-electron chi connectivity index (χ2n) is 4.26. The number of benzene rings is 1. The van der Waals surface area contributed by atoms with Gasteiger partial charge in [-0.25, -0.2) is 0 Å². The first kappa shape index (κ1) is 11.9. The second kappa shape index (κ2) is 5.64. The van der Waals surface area contributed by atoms with Crippen LogP contribution in [0.3, 0.4) is 0 Å². The van der Waals surface area contributed by atoms with Crippen LogP contribution in [0.2, 0.25) is 0 Å². The molecule has 0 bridgehead atoms. The molecule has 2 N–H and O–H groups in total. The van der Waals surface area contributed by atoms with Crippen molar-refractivity contribution < 1.29 is 9.53 Å². The molecule has 1 aliphatic rings. The Morgan fingerprint density at radius 3 is 2.76 bits per heavy atom. The van der Waals surface area contributed by atoms with Gasteiger partial charge in [-0.1, -0.05) is 30.3 Å². The topological polar surface area (TPSA) is 52.3 Å². The fourth-order valence-electron chi connectivity index (χ4n) is 1.92. The summed E-state index contributed by atoms with van der Waals surface area (Å²) in [5, 5.41) is 0. The van der Waals surface area contributed by atoms with Gasteiger partial charge in [-0.3, -0.25) is 4.79 Å². The maximum atomic E-state index is 12.0. The molecular weight excluding hydrogens is 214 g/mol. The van der Waals surface area contributed by atoms with E-state index in [4.69, 9.17) is 10.5 Å². The highest BCUT2D eigenvalue weighted by atomic mass is 16.5. The van der Waals surface area contributed by atoms with Gasteiger partial charge in [0.2, 0.25) is 0 Å². The number of ketones is 1. The van der Waals surface area contributed by atoms with Crippen LogP contribution in [0.4, 0.5) is 0 Å². The lowest BCUT2D eigenvalue weighted by atomic mass is 9.96. The predicted octanol–water partition coefficient (Wildman–Crippen LogP) is 2.34. The molecule has 0 fully saturated rings. The van der Waals surface area contributed by atoms with E-state index in [1.54, 1.807) is 6.26 Å². The molecule has 1 aromatic carbocycles. The Bertz CT molecular complexity index is 411. The zero-order valence-corrected chi connectivity index (χ0v) is 9.76. The number of ether oxygens (including phenoxy) is 1. The minimum absolute atomic E-state index is 0.0982. The van der Waals surface area contributed by atoms with Gasteiger partial charge in [0, 0.05) is 18.0 Å². The van der Waals surface area contributed by atoms with E-state index >= 15 is 0 Å². The largest absolute Gasteiger partial charge is 0.501 e. The van der Waals surface area contributed by atoms with Gasteiger partial charge in [0.25, 0.3) is 0 Å². The van der Waals surface area contributed by atoms with Gasteiger partial charge in [0.1, 0.15) is 0 Å². The summed E-state index contributed by atoms with van der Waals surface area (Å²) >= 11 is 0. The van der Waals surface area contributed by atoms with E-state index in [0.29, 0.717) is 13.0 Å². The first-order valence-electron chi connectivity index (χ1n) is 5.92. The van der Waals surface area contributed by atoms with Crippen LogP contribution in [0.1, 0.15) is 30.9 Å². The first-order valence-corrected chi connectivity index (χ1v) is 5.92. The molecule has 0 spiro atoms. The molecule has 1 atom stereocenters. The SMILES string of the molecule is NC(CC(=O)C1=COCCC1)c1ccccc1. The maximum Gasteiger partial charge on any atom is 0.163 e. The molecule has 0 saturated heterocycles. The van der Waals surface area contributed by atoms with Crippen LogP contribution in [-0.2, 0) is 9.53 Å². The van der Waals surface area contributed by atoms with Crippen LogP contribution in [0, 0.1) is 0 Å². The highest BCUT2D eigenvalue weighted by Crippen LogP contribution is 2.20. The average Bonchev–Trinajstić information content (AvgIpc) is 2.40. The summed E-state index contributed by atoms with van der Waals surface area (Å²) < 4.78 is 5.17. The van der Waals surface area contributed by atoms with Crippen molar-refractivity contribution in [2.24, 2.45) is 5.73 Å². The van der Waals surface area contributed by atoms with E-state index in [-0.39, 0.29) is 11.8 Å². The average molecular weight is 231 g/mol. The van der Waals surface area contributed by atoms with Gasteiger partial charge in [0.05, 0.1) is 12.9 Å². The Hall–Kier alpha value is -1.61. The quantitative estimate of drug-likeness (QED) is 0.865. The van der Waals surface area contributed by atoms with Crippen LogP contribution in [-0.4, -0.2) is 12.4 Å². The molecule has 1 unspecified atom stereocenters. The molecule has 1 aromatic rings. The third-order valence-corrected chi connectivity index (χ3v) is 2.93. The minimum atomic E-state index is -0.230. The Kier molecular flexibility index (Phi) is 3.94. The Morgan fingerprint density at radius 1 is 1.35 bits per heavy atom. The molecule has 0 saturated carbocycles. The number of hydrogen-bond donors (Lipinski definition) is 1. The van der Waals surface area contributed by atoms with Gasteiger partial charge in [-0.05, 0) is 18.4 Å². The molecular formula is C14H17NO2. The summed E-state index contributed by atoms with van der Waals surface area (Å²) in [6.45, 7) is 0.710. The summed E-state index contributed by atoms with van der Waals surface area (Å²) in [5.41, 5.74) is 7.78. The molecule has 0 amide bonds. The van der Waals surface area contributed by atoms with E-state index in [1.807, 2.05) is 30.3 Å². The van der Waals surface area contributed by atoms with E-state index in [0.717, 1.165) is 24.0 Å². The van der Waals surface area contributed by atoms with E-state index in [2.05, 4.69) is 0 Å². The lowest BCUT2D eigenvalue weighted by molar-refractivity contribution is -0.116. The second-order valence-corrected chi connectivity index (χ2v) is 4.26. The van der Waals surface area contributed by atoms with Crippen molar-refractivity contribution in [1.82, 2.24) is 0 Å². The molecule has 2 rings (SSSR count). The smallest absolute Gasteiger partial charge is 0.163 e. The molecule has 3 nitrogen and oxygen atoms in total. The van der Waals surface area contributed by atoms with Crippen molar-refractivity contribution >= 4 is 5.78 Å². The molecule has 1 heterocycles. The van der Waals surface area contributed by atoms with Gasteiger partial charge in [-0.15, -0.1) is 0 Å². The summed E-state index contributed by atoms with van der Waals surface area (Å²) in [6.07, 6.45) is 3.65. The summed E-state index contributed by atoms with van der Waals surface area (Å²) in [4.78, 5) is 12.0. The fourth-order valence-corrected chi connectivity index (χ4v) is 1.92. The number of carbonyl (C=O) groups is 1. The first-order chi connectivity index (χ1) is 8.27. The third kappa shape index (κ3) is 3.17. The Morgan fingerprint density at radius 2 is 2.12 bits per heavy atom. The zero-order chi connectivity index (χ0) is 12.1. The van der Waals surface area contributed by atoms with Crippen molar-refractivity contribution in [3.05, 3.63) is 47.7 Å². The standard InChI is InChI=1S/C14H17NO2/c15-13(11-5-2-1-3-6-11)9-14(16)12-7-4-8-17-10-12/h1-3,5-6,10,13H,4,7-9,15H2. The highest BCUT2D eigenvalue weighted by Gasteiger charge is 2.17. The van der Waals surface area contributed by atoms with Crippen LogP contribution >= 0.6 is 0 Å². The van der Waals surface area contributed by atoms with Gasteiger partial charge >= 0.3 is 0 Å². The molecule has 90 valence electrons. The van der Waals surface area contributed by atoms with Crippen LogP contribution in [0.15, 0.2) is 42.2 Å². The van der Waals surface area contributed by atoms with Crippen LogP contribution in [0.25, 0.3) is 0 Å². The van der Waals surface area contributed by atoms with E-state index in [9.17, 15) is 4.79 Å². The van der Waals surface area contributed by atoms with Gasteiger partial charge < -0.3 is 10.5 Å². The fraction of sp³-hybridized carbons (Fsp3) is 0.357. The number of allylic oxidation sites excluding steroid dienone is 1. The number of nitrogens with two attached hydrogens (primary N) is 1. The molecule has 0 aliphatic carbocycles. The Labute approximate surface area is 101 Å². The summed E-state index contributed by atoms with van der Waals surface area (Å²) in [6, 6.07) is 9.47. The minimum Gasteiger partial charge on any atom is -0.501 e.